The van der Waals surface area contributed by atoms with Crippen LogP contribution in [-0.4, -0.2) is 42.1 Å². The Bertz CT molecular complexity index is 628. The Kier molecular flexibility index (Phi) is 7.00. The lowest BCUT2D eigenvalue weighted by atomic mass is 9.98. The number of rotatable bonds is 5. The number of nitrogens with one attached hydrogen (secondary N) is 1. The van der Waals surface area contributed by atoms with Gasteiger partial charge < -0.3 is 15.0 Å². The molecule has 0 saturated carbocycles. The fourth-order valence-electron chi connectivity index (χ4n) is 3.02. The van der Waals surface area contributed by atoms with Gasteiger partial charge in [0.05, 0.1) is 0 Å². The third kappa shape index (κ3) is 6.65. The van der Waals surface area contributed by atoms with Crippen LogP contribution in [-0.2, 0) is 16.0 Å². The second-order valence-corrected chi connectivity index (χ2v) is 7.83. The predicted molar refractivity (Wildman–Crippen MR) is 98.3 cm³/mol. The lowest BCUT2D eigenvalue weighted by Crippen LogP contribution is -2.45. The molecular formula is C20H29FN2O3. The highest BCUT2D eigenvalue weighted by molar-refractivity contribution is 5.76. The number of hydrogen-bond acceptors (Lipinski definition) is 3. The van der Waals surface area contributed by atoms with E-state index in [9.17, 15) is 14.0 Å². The Morgan fingerprint density at radius 2 is 2.04 bits per heavy atom. The number of carbonyl (C=O) groups is 2. The van der Waals surface area contributed by atoms with Gasteiger partial charge in [0.25, 0.3) is 0 Å². The summed E-state index contributed by atoms with van der Waals surface area (Å²) in [6, 6.07) is 6.50. The molecule has 1 saturated heterocycles. The number of likely N-dealkylation sites (tertiary alicyclic amines) is 1. The quantitative estimate of drug-likeness (QED) is 0.870. The number of halogens is 1. The van der Waals surface area contributed by atoms with Crippen LogP contribution in [0, 0.1) is 11.7 Å². The van der Waals surface area contributed by atoms with Crippen LogP contribution in [0.5, 0.6) is 0 Å². The van der Waals surface area contributed by atoms with Crippen LogP contribution in [0.15, 0.2) is 24.3 Å². The van der Waals surface area contributed by atoms with Gasteiger partial charge in [-0.05, 0) is 57.6 Å². The molecule has 1 N–H and O–H groups in total. The van der Waals surface area contributed by atoms with Crippen LogP contribution in [0.1, 0.15) is 45.6 Å². The molecular weight excluding hydrogens is 335 g/mol. The summed E-state index contributed by atoms with van der Waals surface area (Å²) in [5.74, 6) is -0.156. The molecule has 1 aliphatic rings. The second-order valence-electron chi connectivity index (χ2n) is 7.83. The van der Waals surface area contributed by atoms with Crippen LogP contribution in [0.2, 0.25) is 0 Å². The van der Waals surface area contributed by atoms with Crippen molar-refractivity contribution in [3.8, 4) is 0 Å². The van der Waals surface area contributed by atoms with E-state index in [2.05, 4.69) is 5.32 Å². The lowest BCUT2D eigenvalue weighted by Gasteiger charge is -2.34. The van der Waals surface area contributed by atoms with E-state index in [1.54, 1.807) is 23.1 Å². The van der Waals surface area contributed by atoms with Gasteiger partial charge in [0, 0.05) is 26.1 Å². The average Bonchev–Trinajstić information content (AvgIpc) is 2.58. The summed E-state index contributed by atoms with van der Waals surface area (Å²) < 4.78 is 19.0. The molecule has 0 spiro atoms. The monoisotopic (exact) mass is 364 g/mol. The van der Waals surface area contributed by atoms with E-state index in [4.69, 9.17) is 4.74 Å². The molecule has 0 radical (unpaired) electrons. The first-order valence-electron chi connectivity index (χ1n) is 9.22. The molecule has 26 heavy (non-hydrogen) atoms. The van der Waals surface area contributed by atoms with Crippen LogP contribution >= 0.6 is 0 Å². The van der Waals surface area contributed by atoms with Crippen molar-refractivity contribution in [3.05, 3.63) is 35.6 Å². The van der Waals surface area contributed by atoms with E-state index < -0.39 is 5.60 Å². The Morgan fingerprint density at radius 3 is 2.73 bits per heavy atom. The molecule has 5 nitrogen and oxygen atoms in total. The van der Waals surface area contributed by atoms with Crippen LogP contribution < -0.4 is 5.32 Å². The Labute approximate surface area is 154 Å². The first-order chi connectivity index (χ1) is 12.2. The fraction of sp³-hybridized carbons (Fsp3) is 0.600. The van der Waals surface area contributed by atoms with Gasteiger partial charge in [-0.1, -0.05) is 18.2 Å². The molecule has 1 atom stereocenters. The molecule has 1 aromatic carbocycles. The standard InChI is InChI=1S/C20H29FN2O3/c1-20(2,3)26-19(25)23-12-6-7-15(14-23)13-22-18(24)11-10-16-8-4-5-9-17(16)21/h4-5,8-9,15H,6-7,10-14H2,1-3H3,(H,22,24). The average molecular weight is 364 g/mol. The molecule has 1 unspecified atom stereocenters. The summed E-state index contributed by atoms with van der Waals surface area (Å²) in [5.41, 5.74) is 0.0433. The predicted octanol–water partition coefficient (Wildman–Crippen LogP) is 3.52. The first kappa shape index (κ1) is 20.2. The van der Waals surface area contributed by atoms with Gasteiger partial charge in [-0.3, -0.25) is 4.79 Å². The summed E-state index contributed by atoms with van der Waals surface area (Å²) in [4.78, 5) is 25.9. The smallest absolute Gasteiger partial charge is 0.410 e. The summed E-state index contributed by atoms with van der Waals surface area (Å²) >= 11 is 0. The van der Waals surface area contributed by atoms with E-state index in [1.165, 1.54) is 6.07 Å². The van der Waals surface area contributed by atoms with Crippen molar-refractivity contribution in [1.29, 1.82) is 0 Å². The summed E-state index contributed by atoms with van der Waals surface area (Å²) in [7, 11) is 0. The van der Waals surface area contributed by atoms with Gasteiger partial charge in [0.1, 0.15) is 11.4 Å². The molecule has 1 aromatic rings. The number of carbonyl (C=O) groups excluding carboxylic acids is 2. The third-order valence-corrected chi connectivity index (χ3v) is 4.34. The number of piperidine rings is 1. The lowest BCUT2D eigenvalue weighted by molar-refractivity contribution is -0.121. The molecule has 0 bridgehead atoms. The van der Waals surface area contributed by atoms with Crippen molar-refractivity contribution in [3.63, 3.8) is 0 Å². The van der Waals surface area contributed by atoms with Gasteiger partial charge >= 0.3 is 6.09 Å². The normalized spacial score (nSPS) is 17.7. The molecule has 0 aromatic heterocycles. The molecule has 1 heterocycles. The van der Waals surface area contributed by atoms with Gasteiger partial charge in [-0.2, -0.15) is 0 Å². The fourth-order valence-corrected chi connectivity index (χ4v) is 3.02. The van der Waals surface area contributed by atoms with Gasteiger partial charge in [0.15, 0.2) is 0 Å². The van der Waals surface area contributed by atoms with Crippen LogP contribution in [0.25, 0.3) is 0 Å². The topological polar surface area (TPSA) is 58.6 Å². The highest BCUT2D eigenvalue weighted by Crippen LogP contribution is 2.19. The minimum absolute atomic E-state index is 0.0948. The number of hydrogen-bond donors (Lipinski definition) is 1. The number of amides is 2. The number of benzene rings is 1. The maximum atomic E-state index is 13.6. The maximum Gasteiger partial charge on any atom is 0.410 e. The molecule has 6 heteroatoms. The van der Waals surface area contributed by atoms with E-state index in [-0.39, 0.29) is 30.2 Å². The van der Waals surface area contributed by atoms with Crippen molar-refractivity contribution in [2.24, 2.45) is 5.92 Å². The summed E-state index contributed by atoms with van der Waals surface area (Å²) in [6.45, 7) is 7.34. The van der Waals surface area contributed by atoms with Crippen molar-refractivity contribution in [2.75, 3.05) is 19.6 Å². The van der Waals surface area contributed by atoms with Gasteiger partial charge in [-0.15, -0.1) is 0 Å². The third-order valence-electron chi connectivity index (χ3n) is 4.34. The minimum Gasteiger partial charge on any atom is -0.444 e. The molecule has 1 aliphatic heterocycles. The largest absolute Gasteiger partial charge is 0.444 e. The minimum atomic E-state index is -0.509. The number of nitrogens with zero attached hydrogens (tertiary/aromatic N) is 1. The van der Waals surface area contributed by atoms with Crippen molar-refractivity contribution in [1.82, 2.24) is 10.2 Å². The van der Waals surface area contributed by atoms with E-state index in [0.717, 1.165) is 12.8 Å². The molecule has 2 amide bonds. The molecule has 1 fully saturated rings. The summed E-state index contributed by atoms with van der Waals surface area (Å²) in [5, 5.41) is 2.91. The first-order valence-corrected chi connectivity index (χ1v) is 9.22. The number of aryl methyl sites for hydroxylation is 1. The maximum absolute atomic E-state index is 13.6. The van der Waals surface area contributed by atoms with Crippen molar-refractivity contribution >= 4 is 12.0 Å². The van der Waals surface area contributed by atoms with Crippen molar-refractivity contribution in [2.45, 2.75) is 52.1 Å². The van der Waals surface area contributed by atoms with Crippen LogP contribution in [0.3, 0.4) is 0 Å². The Hall–Kier alpha value is -2.11. The molecule has 2 rings (SSSR count). The zero-order valence-corrected chi connectivity index (χ0v) is 15.9. The Balaban J connectivity index is 1.73. The highest BCUT2D eigenvalue weighted by Gasteiger charge is 2.27. The molecule has 144 valence electrons. The van der Waals surface area contributed by atoms with Gasteiger partial charge in [0.2, 0.25) is 5.91 Å². The zero-order valence-electron chi connectivity index (χ0n) is 15.9. The number of ether oxygens (including phenoxy) is 1. The van der Waals surface area contributed by atoms with Gasteiger partial charge in [-0.25, -0.2) is 9.18 Å². The highest BCUT2D eigenvalue weighted by atomic mass is 19.1. The SMILES string of the molecule is CC(C)(C)OC(=O)N1CCCC(CNC(=O)CCc2ccccc2F)C1. The van der Waals surface area contributed by atoms with E-state index >= 15 is 0 Å². The van der Waals surface area contributed by atoms with Crippen molar-refractivity contribution < 1.29 is 18.7 Å². The van der Waals surface area contributed by atoms with E-state index in [1.807, 2.05) is 20.8 Å². The molecule has 0 aliphatic carbocycles. The van der Waals surface area contributed by atoms with Crippen LogP contribution in [0.4, 0.5) is 9.18 Å². The Morgan fingerprint density at radius 1 is 1.31 bits per heavy atom. The van der Waals surface area contributed by atoms with E-state index in [0.29, 0.717) is 31.6 Å². The second kappa shape index (κ2) is 9.01. The zero-order chi connectivity index (χ0) is 19.2. The summed E-state index contributed by atoms with van der Waals surface area (Å²) in [6.07, 6.45) is 2.20.